The molecule has 0 aliphatic carbocycles. The number of rotatable bonds is 2. The molecule has 0 saturated carbocycles. The summed E-state index contributed by atoms with van der Waals surface area (Å²) >= 11 is 3.38. The average Bonchev–Trinajstić information content (AvgIpc) is 2.03. The van der Waals surface area contributed by atoms with Crippen LogP contribution in [0.3, 0.4) is 0 Å². The summed E-state index contributed by atoms with van der Waals surface area (Å²) in [5.41, 5.74) is 7.50. The van der Waals surface area contributed by atoms with Gasteiger partial charge in [0.1, 0.15) is 0 Å². The van der Waals surface area contributed by atoms with Crippen molar-refractivity contribution in [3.8, 4) is 0 Å². The lowest BCUT2D eigenvalue weighted by Gasteiger charge is -2.01. The summed E-state index contributed by atoms with van der Waals surface area (Å²) in [5.74, 6) is 0. The van der Waals surface area contributed by atoms with E-state index in [1.165, 1.54) is 0 Å². The minimum atomic E-state index is 0.510. The van der Waals surface area contributed by atoms with Crippen molar-refractivity contribution in [1.82, 2.24) is 0 Å². The Kier molecular flexibility index (Phi) is 2.85. The van der Waals surface area contributed by atoms with Crippen LogP contribution in [0.5, 0.6) is 0 Å². The van der Waals surface area contributed by atoms with Gasteiger partial charge in [-0.05, 0) is 23.3 Å². The average molecular weight is 212 g/mol. The van der Waals surface area contributed by atoms with E-state index in [1.54, 1.807) is 0 Å². The van der Waals surface area contributed by atoms with Crippen molar-refractivity contribution in [1.29, 1.82) is 0 Å². The Morgan fingerprint density at radius 1 is 1.55 bits per heavy atom. The Hall–Kier alpha value is -0.600. The lowest BCUT2D eigenvalue weighted by Crippen LogP contribution is -2.00. The van der Waals surface area contributed by atoms with Gasteiger partial charge in [-0.15, -0.1) is 0 Å². The SMILES string of the molecule is C=C(CN)c1cccc(Br)c1. The van der Waals surface area contributed by atoms with E-state index < -0.39 is 0 Å². The highest BCUT2D eigenvalue weighted by Crippen LogP contribution is 2.16. The molecule has 11 heavy (non-hydrogen) atoms. The summed E-state index contributed by atoms with van der Waals surface area (Å²) in [6, 6.07) is 7.96. The third kappa shape index (κ3) is 2.17. The van der Waals surface area contributed by atoms with Crippen molar-refractivity contribution in [2.75, 3.05) is 6.54 Å². The Morgan fingerprint density at radius 3 is 2.82 bits per heavy atom. The highest BCUT2D eigenvalue weighted by atomic mass is 79.9. The van der Waals surface area contributed by atoms with Crippen LogP contribution in [-0.2, 0) is 0 Å². The number of benzene rings is 1. The zero-order chi connectivity index (χ0) is 8.27. The summed E-state index contributed by atoms with van der Waals surface area (Å²) < 4.78 is 1.06. The molecule has 0 fully saturated rings. The molecule has 0 aliphatic rings. The molecule has 1 aromatic rings. The van der Waals surface area contributed by atoms with Gasteiger partial charge in [0.25, 0.3) is 0 Å². The molecule has 0 spiro atoms. The number of halogens is 1. The van der Waals surface area contributed by atoms with Crippen LogP contribution in [0.15, 0.2) is 35.3 Å². The number of hydrogen-bond acceptors (Lipinski definition) is 1. The molecule has 58 valence electrons. The van der Waals surface area contributed by atoms with Gasteiger partial charge in [-0.1, -0.05) is 34.6 Å². The fourth-order valence-electron chi connectivity index (χ4n) is 0.826. The topological polar surface area (TPSA) is 26.0 Å². The summed E-state index contributed by atoms with van der Waals surface area (Å²) in [6.45, 7) is 4.35. The molecule has 1 nitrogen and oxygen atoms in total. The Morgan fingerprint density at radius 2 is 2.27 bits per heavy atom. The fraction of sp³-hybridized carbons (Fsp3) is 0.111. The maximum absolute atomic E-state index is 5.44. The largest absolute Gasteiger partial charge is 0.326 e. The zero-order valence-corrected chi connectivity index (χ0v) is 7.76. The van der Waals surface area contributed by atoms with Crippen molar-refractivity contribution in [3.63, 3.8) is 0 Å². The molecular formula is C9H10BrN. The van der Waals surface area contributed by atoms with Crippen molar-refractivity contribution in [2.24, 2.45) is 5.73 Å². The predicted molar refractivity (Wildman–Crippen MR) is 52.2 cm³/mol. The molecule has 0 aliphatic heterocycles. The molecule has 0 unspecified atom stereocenters. The van der Waals surface area contributed by atoms with Gasteiger partial charge in [-0.25, -0.2) is 0 Å². The highest BCUT2D eigenvalue weighted by Gasteiger charge is 1.95. The maximum atomic E-state index is 5.44. The van der Waals surface area contributed by atoms with Crippen LogP contribution in [0.4, 0.5) is 0 Å². The summed E-state index contributed by atoms with van der Waals surface area (Å²) in [4.78, 5) is 0. The van der Waals surface area contributed by atoms with Crippen LogP contribution in [0.25, 0.3) is 5.57 Å². The summed E-state index contributed by atoms with van der Waals surface area (Å²) in [5, 5.41) is 0. The molecule has 0 bridgehead atoms. The van der Waals surface area contributed by atoms with Gasteiger partial charge in [0.2, 0.25) is 0 Å². The van der Waals surface area contributed by atoms with Crippen LogP contribution < -0.4 is 5.73 Å². The highest BCUT2D eigenvalue weighted by molar-refractivity contribution is 9.10. The van der Waals surface area contributed by atoms with E-state index in [0.717, 1.165) is 15.6 Å². The summed E-state index contributed by atoms with van der Waals surface area (Å²) in [7, 11) is 0. The van der Waals surface area contributed by atoms with Crippen LogP contribution in [0.1, 0.15) is 5.56 Å². The van der Waals surface area contributed by atoms with Crippen LogP contribution in [0.2, 0.25) is 0 Å². The molecule has 2 heteroatoms. The number of nitrogens with two attached hydrogens (primary N) is 1. The molecule has 0 aromatic heterocycles. The molecule has 2 N–H and O–H groups in total. The Bertz CT molecular complexity index is 268. The number of hydrogen-bond donors (Lipinski definition) is 1. The van der Waals surface area contributed by atoms with E-state index in [-0.39, 0.29) is 0 Å². The second-order valence-corrected chi connectivity index (χ2v) is 3.23. The lowest BCUT2D eigenvalue weighted by atomic mass is 10.1. The van der Waals surface area contributed by atoms with Gasteiger partial charge in [0, 0.05) is 11.0 Å². The monoisotopic (exact) mass is 211 g/mol. The van der Waals surface area contributed by atoms with Gasteiger partial charge < -0.3 is 5.73 Å². The van der Waals surface area contributed by atoms with Gasteiger partial charge in [-0.3, -0.25) is 0 Å². The van der Waals surface area contributed by atoms with E-state index in [1.807, 2.05) is 24.3 Å². The molecule has 0 atom stereocenters. The molecule has 0 heterocycles. The fourth-order valence-corrected chi connectivity index (χ4v) is 1.23. The van der Waals surface area contributed by atoms with Crippen LogP contribution in [-0.4, -0.2) is 6.54 Å². The van der Waals surface area contributed by atoms with Crippen LogP contribution in [0, 0.1) is 0 Å². The smallest absolute Gasteiger partial charge is 0.0181 e. The lowest BCUT2D eigenvalue weighted by molar-refractivity contribution is 1.27. The first-order chi connectivity index (χ1) is 5.24. The minimum Gasteiger partial charge on any atom is -0.326 e. The minimum absolute atomic E-state index is 0.510. The first-order valence-electron chi connectivity index (χ1n) is 3.38. The van der Waals surface area contributed by atoms with E-state index in [9.17, 15) is 0 Å². The maximum Gasteiger partial charge on any atom is 0.0181 e. The van der Waals surface area contributed by atoms with Gasteiger partial charge in [-0.2, -0.15) is 0 Å². The molecule has 0 amide bonds. The molecule has 0 saturated heterocycles. The van der Waals surface area contributed by atoms with Crippen LogP contribution >= 0.6 is 15.9 Å². The normalized spacial score (nSPS) is 9.64. The van der Waals surface area contributed by atoms with Crippen molar-refractivity contribution < 1.29 is 0 Å². The molecule has 0 radical (unpaired) electrons. The summed E-state index contributed by atoms with van der Waals surface area (Å²) in [6.07, 6.45) is 0. The van der Waals surface area contributed by atoms with Crippen molar-refractivity contribution in [2.45, 2.75) is 0 Å². The first-order valence-corrected chi connectivity index (χ1v) is 4.17. The molecule has 1 rings (SSSR count). The Balaban J connectivity index is 2.96. The standard InChI is InChI=1S/C9H10BrN/c1-7(6-11)8-3-2-4-9(10)5-8/h2-5H,1,6,11H2. The second kappa shape index (κ2) is 3.69. The first kappa shape index (κ1) is 8.50. The predicted octanol–water partition coefficient (Wildman–Crippen LogP) is 2.42. The van der Waals surface area contributed by atoms with Crippen molar-refractivity contribution >= 4 is 21.5 Å². The zero-order valence-electron chi connectivity index (χ0n) is 6.18. The molecule has 1 aromatic carbocycles. The van der Waals surface area contributed by atoms with E-state index in [2.05, 4.69) is 22.5 Å². The van der Waals surface area contributed by atoms with E-state index in [0.29, 0.717) is 6.54 Å². The Labute approximate surface area is 75.0 Å². The van der Waals surface area contributed by atoms with Gasteiger partial charge >= 0.3 is 0 Å². The van der Waals surface area contributed by atoms with Crippen molar-refractivity contribution in [3.05, 3.63) is 40.9 Å². The van der Waals surface area contributed by atoms with Gasteiger partial charge in [0.05, 0.1) is 0 Å². The quantitative estimate of drug-likeness (QED) is 0.800. The molecular weight excluding hydrogens is 202 g/mol. The van der Waals surface area contributed by atoms with E-state index in [4.69, 9.17) is 5.73 Å². The van der Waals surface area contributed by atoms with E-state index >= 15 is 0 Å². The second-order valence-electron chi connectivity index (χ2n) is 2.32. The third-order valence-corrected chi connectivity index (χ3v) is 1.97. The van der Waals surface area contributed by atoms with Gasteiger partial charge in [0.15, 0.2) is 0 Å². The third-order valence-electron chi connectivity index (χ3n) is 1.48.